The minimum absolute atomic E-state index is 0.295. The van der Waals surface area contributed by atoms with Crippen molar-refractivity contribution >= 4 is 46.3 Å². The molecule has 0 bridgehead atoms. The molecule has 3 rings (SSSR count). The second-order valence-electron chi connectivity index (χ2n) is 8.13. The molecule has 0 spiro atoms. The molecule has 1 aromatic carbocycles. The van der Waals surface area contributed by atoms with Crippen molar-refractivity contribution in [2.45, 2.75) is 20.3 Å². The molecule has 12 heteroatoms. The van der Waals surface area contributed by atoms with Crippen molar-refractivity contribution in [3.63, 3.8) is 0 Å². The van der Waals surface area contributed by atoms with Gasteiger partial charge in [0.05, 0.1) is 16.8 Å². The van der Waals surface area contributed by atoms with Gasteiger partial charge < -0.3 is 25.6 Å². The third-order valence-corrected chi connectivity index (χ3v) is 5.88. The lowest BCUT2D eigenvalue weighted by Gasteiger charge is -2.21. The van der Waals surface area contributed by atoms with Gasteiger partial charge in [0.2, 0.25) is 0 Å². The van der Waals surface area contributed by atoms with E-state index in [1.165, 1.54) is 17.0 Å². The van der Waals surface area contributed by atoms with Crippen LogP contribution in [0.2, 0.25) is 0 Å². The number of nitrogens with two attached hydrogens (primary N) is 1. The number of anilines is 3. The van der Waals surface area contributed by atoms with Gasteiger partial charge in [0, 0.05) is 43.1 Å². The van der Waals surface area contributed by atoms with Gasteiger partial charge in [-0.15, -0.1) is 0 Å². The Bertz CT molecular complexity index is 1330. The standard InChI is InChI=1S/C25H30N8O4/c1-4-32(5-2)11-6-10-28-24(35)30-22-14-21(18(15-26)16-29-22)31(3)19-7-8-20-17(13-19)9-12-33(20)25(36)37-23(27)34/h7-9,12-14,16H,4-6,10-11H2,1-3H3,(H2,27,34)(H2,28,29,30,35). The van der Waals surface area contributed by atoms with Crippen LogP contribution in [0.25, 0.3) is 10.9 Å². The summed E-state index contributed by atoms with van der Waals surface area (Å²) in [5.74, 6) is 0.295. The molecule has 3 aromatic rings. The van der Waals surface area contributed by atoms with E-state index in [1.807, 2.05) is 0 Å². The Morgan fingerprint density at radius 2 is 1.95 bits per heavy atom. The van der Waals surface area contributed by atoms with E-state index in [0.29, 0.717) is 40.2 Å². The molecule has 37 heavy (non-hydrogen) atoms. The Hall–Kier alpha value is -4.63. The molecule has 0 unspecified atom stereocenters. The number of benzene rings is 1. The molecule has 0 fully saturated rings. The van der Waals surface area contributed by atoms with Gasteiger partial charge in [-0.05, 0) is 50.3 Å². The van der Waals surface area contributed by atoms with Crippen LogP contribution in [0.3, 0.4) is 0 Å². The molecule has 0 saturated heterocycles. The Morgan fingerprint density at radius 3 is 2.62 bits per heavy atom. The van der Waals surface area contributed by atoms with Crippen LogP contribution in [0.5, 0.6) is 0 Å². The first-order chi connectivity index (χ1) is 17.8. The lowest BCUT2D eigenvalue weighted by Crippen LogP contribution is -2.32. The molecule has 4 N–H and O–H groups in total. The highest BCUT2D eigenvalue weighted by atomic mass is 16.6. The molecule has 0 saturated carbocycles. The highest BCUT2D eigenvalue weighted by Crippen LogP contribution is 2.31. The maximum atomic E-state index is 12.3. The Morgan fingerprint density at radius 1 is 1.19 bits per heavy atom. The number of fused-ring (bicyclic) bond motifs is 1. The topological polar surface area (TPSA) is 159 Å². The minimum Gasteiger partial charge on any atom is -0.359 e. The van der Waals surface area contributed by atoms with E-state index in [4.69, 9.17) is 5.73 Å². The number of hydrogen-bond donors (Lipinski definition) is 3. The maximum Gasteiger partial charge on any atom is 0.427 e. The van der Waals surface area contributed by atoms with Crippen molar-refractivity contribution in [1.82, 2.24) is 19.8 Å². The van der Waals surface area contributed by atoms with Crippen LogP contribution in [0.15, 0.2) is 42.7 Å². The van der Waals surface area contributed by atoms with Crippen LogP contribution in [0.1, 0.15) is 25.8 Å². The lowest BCUT2D eigenvalue weighted by atomic mass is 10.1. The Balaban J connectivity index is 1.74. The highest BCUT2D eigenvalue weighted by Gasteiger charge is 2.16. The predicted octanol–water partition coefficient (Wildman–Crippen LogP) is 3.59. The summed E-state index contributed by atoms with van der Waals surface area (Å²) < 4.78 is 5.61. The number of primary amides is 1. The second-order valence-corrected chi connectivity index (χ2v) is 8.13. The number of carbonyl (C=O) groups is 3. The van der Waals surface area contributed by atoms with E-state index in [0.717, 1.165) is 26.1 Å². The third kappa shape index (κ3) is 6.74. The number of carbonyl (C=O) groups excluding carboxylic acids is 3. The van der Waals surface area contributed by atoms with Gasteiger partial charge in [-0.2, -0.15) is 5.26 Å². The number of rotatable bonds is 9. The molecule has 0 atom stereocenters. The third-order valence-electron chi connectivity index (χ3n) is 5.88. The quantitative estimate of drug-likeness (QED) is 0.293. The molecule has 3 amide bonds. The monoisotopic (exact) mass is 506 g/mol. The maximum absolute atomic E-state index is 12.3. The van der Waals surface area contributed by atoms with E-state index in [9.17, 15) is 19.6 Å². The summed E-state index contributed by atoms with van der Waals surface area (Å²) in [6.07, 6.45) is 1.59. The summed E-state index contributed by atoms with van der Waals surface area (Å²) in [5.41, 5.74) is 7.00. The fraction of sp³-hybridized carbons (Fsp3) is 0.320. The fourth-order valence-electron chi connectivity index (χ4n) is 3.85. The highest BCUT2D eigenvalue weighted by molar-refractivity contribution is 5.95. The smallest absolute Gasteiger partial charge is 0.359 e. The lowest BCUT2D eigenvalue weighted by molar-refractivity contribution is 0.159. The van der Waals surface area contributed by atoms with Crippen molar-refractivity contribution in [3.05, 3.63) is 48.3 Å². The molecule has 0 aliphatic rings. The minimum atomic E-state index is -1.19. The normalized spacial score (nSPS) is 10.7. The zero-order valence-electron chi connectivity index (χ0n) is 21.0. The van der Waals surface area contributed by atoms with Crippen LogP contribution in [0, 0.1) is 11.3 Å². The second kappa shape index (κ2) is 12.4. The van der Waals surface area contributed by atoms with E-state index in [2.05, 4.69) is 45.2 Å². The van der Waals surface area contributed by atoms with E-state index >= 15 is 0 Å². The van der Waals surface area contributed by atoms with Gasteiger partial charge in [-0.25, -0.2) is 19.4 Å². The number of urea groups is 1. The Labute approximate surface area is 214 Å². The number of pyridine rings is 1. The van der Waals surface area contributed by atoms with Gasteiger partial charge >= 0.3 is 18.2 Å². The van der Waals surface area contributed by atoms with E-state index in [1.54, 1.807) is 42.3 Å². The van der Waals surface area contributed by atoms with Gasteiger partial charge in [-0.3, -0.25) is 9.88 Å². The number of ether oxygens (including phenoxy) is 1. The summed E-state index contributed by atoms with van der Waals surface area (Å²) >= 11 is 0. The summed E-state index contributed by atoms with van der Waals surface area (Å²) in [7, 11) is 1.77. The predicted molar refractivity (Wildman–Crippen MR) is 140 cm³/mol. The molecule has 0 aliphatic carbocycles. The number of amides is 3. The summed E-state index contributed by atoms with van der Waals surface area (Å²) in [4.78, 5) is 43.6. The average Bonchev–Trinajstić information content (AvgIpc) is 3.31. The fourth-order valence-corrected chi connectivity index (χ4v) is 3.85. The van der Waals surface area contributed by atoms with Crippen molar-refractivity contribution in [2.24, 2.45) is 5.73 Å². The molecule has 0 aliphatic heterocycles. The largest absolute Gasteiger partial charge is 0.427 e. The van der Waals surface area contributed by atoms with E-state index in [-0.39, 0.29) is 6.03 Å². The van der Waals surface area contributed by atoms with Gasteiger partial charge in [0.15, 0.2) is 0 Å². The van der Waals surface area contributed by atoms with Crippen LogP contribution < -0.4 is 21.3 Å². The van der Waals surface area contributed by atoms with Crippen molar-refractivity contribution in [1.29, 1.82) is 5.26 Å². The van der Waals surface area contributed by atoms with E-state index < -0.39 is 12.2 Å². The zero-order valence-corrected chi connectivity index (χ0v) is 21.0. The van der Waals surface area contributed by atoms with Crippen LogP contribution in [0.4, 0.5) is 31.6 Å². The molecule has 2 aromatic heterocycles. The summed E-state index contributed by atoms with van der Waals surface area (Å²) in [5, 5.41) is 15.8. The number of nitriles is 1. The zero-order chi connectivity index (χ0) is 26.9. The first-order valence-electron chi connectivity index (χ1n) is 11.8. The summed E-state index contributed by atoms with van der Waals surface area (Å²) in [6, 6.07) is 10.3. The number of nitrogens with zero attached hydrogens (tertiary/aromatic N) is 5. The molecular weight excluding hydrogens is 476 g/mol. The molecule has 0 radical (unpaired) electrons. The molecule has 12 nitrogen and oxygen atoms in total. The van der Waals surface area contributed by atoms with Gasteiger partial charge in [0.25, 0.3) is 0 Å². The average molecular weight is 507 g/mol. The molecule has 194 valence electrons. The van der Waals surface area contributed by atoms with Crippen molar-refractivity contribution in [3.8, 4) is 6.07 Å². The van der Waals surface area contributed by atoms with Crippen LogP contribution in [-0.2, 0) is 4.74 Å². The van der Waals surface area contributed by atoms with Crippen molar-refractivity contribution < 1.29 is 19.1 Å². The van der Waals surface area contributed by atoms with Crippen LogP contribution >= 0.6 is 0 Å². The first kappa shape index (κ1) is 27.0. The number of nitrogens with one attached hydrogen (secondary N) is 2. The van der Waals surface area contributed by atoms with Gasteiger partial charge in [-0.1, -0.05) is 13.8 Å². The summed E-state index contributed by atoms with van der Waals surface area (Å²) in [6.45, 7) is 7.57. The number of hydrogen-bond acceptors (Lipinski definition) is 8. The SMILES string of the molecule is CCN(CC)CCCNC(=O)Nc1cc(N(C)c2ccc3c(ccn3C(=O)OC(N)=O)c2)c(C#N)cn1. The molecule has 2 heterocycles. The van der Waals surface area contributed by atoms with Crippen LogP contribution in [-0.4, -0.2) is 65.9 Å². The Kier molecular flexibility index (Phi) is 9.01. The van der Waals surface area contributed by atoms with Gasteiger partial charge in [0.1, 0.15) is 11.9 Å². The number of aromatic nitrogens is 2. The van der Waals surface area contributed by atoms with Crippen molar-refractivity contribution in [2.75, 3.05) is 43.4 Å². The molecular formula is C25H30N8O4. The first-order valence-corrected chi connectivity index (χ1v) is 11.8.